The quantitative estimate of drug-likeness (QED) is 0.0268. The van der Waals surface area contributed by atoms with Crippen LogP contribution in [0.5, 0.6) is 34.5 Å². The Morgan fingerprint density at radius 3 is 1.90 bits per heavy atom. The molecule has 10 aromatic carbocycles. The zero-order valence-corrected chi connectivity index (χ0v) is 85.4. The van der Waals surface area contributed by atoms with E-state index in [2.05, 4.69) is 112 Å². The van der Waals surface area contributed by atoms with E-state index in [0.717, 1.165) is 121 Å². The Labute approximate surface area is 845 Å². The van der Waals surface area contributed by atoms with Crippen LogP contribution >= 0.6 is 0 Å². The van der Waals surface area contributed by atoms with Crippen molar-refractivity contribution in [3.05, 3.63) is 359 Å². The summed E-state index contributed by atoms with van der Waals surface area (Å²) in [5.41, 5.74) is 14.1. The maximum atomic E-state index is 13.5. The molecule has 1 spiro atoms. The van der Waals surface area contributed by atoms with Gasteiger partial charge in [-0.2, -0.15) is 9.57 Å². The molecule has 0 radical (unpaired) electrons. The Bertz CT molecular complexity index is 6260. The van der Waals surface area contributed by atoms with Gasteiger partial charge in [0.25, 0.3) is 5.91 Å². The number of nitriles is 1. The highest BCUT2D eigenvalue weighted by atomic mass is 32.2. The average Bonchev–Trinajstić information content (AvgIpc) is 1.54. The van der Waals surface area contributed by atoms with Crippen molar-refractivity contribution in [1.29, 1.82) is 5.26 Å². The van der Waals surface area contributed by atoms with Crippen LogP contribution in [0.4, 0.5) is 5.69 Å². The lowest BCUT2D eigenvalue weighted by molar-refractivity contribution is -0.123. The van der Waals surface area contributed by atoms with Gasteiger partial charge in [-0.15, -0.1) is 13.2 Å². The van der Waals surface area contributed by atoms with Crippen molar-refractivity contribution in [2.24, 2.45) is 22.7 Å². The van der Waals surface area contributed by atoms with Crippen LogP contribution in [-0.2, 0) is 63.2 Å². The number of methoxy groups -OCH3 is 2. The summed E-state index contributed by atoms with van der Waals surface area (Å²) in [7, 11) is 3.12. The molecule has 2 amide bonds. The van der Waals surface area contributed by atoms with Gasteiger partial charge < -0.3 is 48.2 Å². The monoisotopic (exact) mass is 1950 g/mol. The topological polar surface area (TPSA) is 271 Å². The average molecular weight is 1950 g/mol. The summed E-state index contributed by atoms with van der Waals surface area (Å²) in [4.78, 5) is 79.8. The summed E-state index contributed by atoms with van der Waals surface area (Å²) >= 11 is 0. The van der Waals surface area contributed by atoms with Crippen LogP contribution in [-0.4, -0.2) is 132 Å². The number of carbonyl (C=O) groups is 6. The molecular formula is C121H139N5O16S. The normalized spacial score (nSPS) is 16.3. The summed E-state index contributed by atoms with van der Waals surface area (Å²) in [5.74, 6) is 6.63. The lowest BCUT2D eigenvalue weighted by atomic mass is 9.73. The van der Waals surface area contributed by atoms with Gasteiger partial charge in [0.2, 0.25) is 15.9 Å². The van der Waals surface area contributed by atoms with E-state index in [1.807, 2.05) is 160 Å². The number of benzene rings is 10. The standard InChI is InChI=1S/C26H33NO3.C26H27NO3.C24H26N2O5S.C24H28O.C21H25NO4/c1-18(28)22-14-15-25(30-4)23(16-22)17-24(27(2)3)26(29)21-12-10-20(11-13-21)19-8-6-5-7-9-19;1-2-3-9-20-12-13-23(25(29)21-10-5-4-6-11-21)24(16-20)30-18-22(28)17-26(19-27)14-7-8-15-26;1-2-30-20-11-13-22(14-12-20)32(28,29)25(17-21-9-6-16-31-21)18-24(27)26-15-5-8-19-7-3-4-10-23(19)26;1-16(2)21-14-9-17(3)24(23(21)25)15-22(24)20-12-10-19(11-13-20)18-7-5-4-6-8-18;1-4-6-17-13-19(25-5-2)11-12-20(17)26-15-21(23)22-14-16-7-9-18(24-3)10-8-16/h10-16,19,24H,5-9,17H2,1-4H3;2,4-6,10-13,16H,1,3,7-9,14-15,17-18H2;3-4,6-7,9-14,16H,2,5,8,15,17-18H2,1H3;4-8,10-13,16-17,22,25H,9,14-15H2,1-3H3;4,7-13H,1,5-6,14-15H2,2-3H3,(H,22,23). The first-order chi connectivity index (χ1) is 69.1. The molecule has 5 aliphatic rings. The number of rotatable bonds is 39. The van der Waals surface area contributed by atoms with Gasteiger partial charge in [-0.25, -0.2) is 8.42 Å². The first-order valence-corrected chi connectivity index (χ1v) is 51.6. The summed E-state index contributed by atoms with van der Waals surface area (Å²) in [5, 5.41) is 23.4. The maximum absolute atomic E-state index is 13.5. The van der Waals surface area contributed by atoms with Gasteiger partial charge in [0.05, 0.1) is 80.5 Å². The third-order valence-corrected chi connectivity index (χ3v) is 29.5. The Morgan fingerprint density at radius 1 is 0.622 bits per heavy atom. The molecule has 0 bridgehead atoms. The number of nitrogens with zero attached hydrogens (tertiary/aromatic N) is 4. The molecule has 2 heterocycles. The number of likely N-dealkylation sites (N-methyl/N-ethyl adjacent to an activating group) is 1. The maximum Gasteiger partial charge on any atom is 0.258 e. The highest BCUT2D eigenvalue weighted by Gasteiger charge is 2.62. The van der Waals surface area contributed by atoms with Crippen molar-refractivity contribution in [3.8, 4) is 51.7 Å². The largest absolute Gasteiger partial charge is 0.512 e. The number of carbonyl (C=O) groups excluding carboxylic acids is 6. The van der Waals surface area contributed by atoms with Crippen LogP contribution < -0.4 is 38.6 Å². The number of hydrogen-bond donors (Lipinski definition) is 2. The van der Waals surface area contributed by atoms with E-state index in [-0.39, 0.29) is 84.0 Å². The minimum Gasteiger partial charge on any atom is -0.512 e. The minimum absolute atomic E-state index is 0.00457. The van der Waals surface area contributed by atoms with Crippen molar-refractivity contribution < 1.29 is 75.1 Å². The number of aryl methyl sites for hydroxylation is 2. The molecule has 11 aromatic rings. The Kier molecular flexibility index (Phi) is 40.0. The number of nitrogens with one attached hydrogen (secondary N) is 1. The SMILES string of the molecule is C=CCCc1ccc(C(=O)c2ccccc2)c(OCC(=O)CC2(C#N)CCCC2)c1.C=CCc1cc(OCC)ccc1OCC(=O)NCc1ccc(OC)cc1.CC(C)C1=C(O)C2(CC2c2ccc(-c3ccccc3)cc2)C(C)CC1.CCOc1ccc(S(=O)(=O)N(CC(=O)N2CCCc3ccccc32)Cc2ccco2)cc1.COc1ccc(C(C)=O)cc1CC(C(=O)c1ccc(C2CCCCC2)cc1)N(C)C. The summed E-state index contributed by atoms with van der Waals surface area (Å²) in [6.45, 7) is 21.2. The van der Waals surface area contributed by atoms with Crippen LogP contribution in [0.2, 0.25) is 0 Å². The number of ether oxygens (including phenoxy) is 6. The van der Waals surface area contributed by atoms with Crippen LogP contribution in [0.15, 0.2) is 301 Å². The number of allylic oxidation sites excluding steroid dienone is 4. The van der Waals surface area contributed by atoms with Crippen LogP contribution in [0.3, 0.4) is 0 Å². The molecule has 21 nitrogen and oxygen atoms in total. The number of fused-ring (bicyclic) bond motifs is 1. The molecule has 4 atom stereocenters. The second-order valence-electron chi connectivity index (χ2n) is 37.9. The van der Waals surface area contributed by atoms with Crippen molar-refractivity contribution in [2.45, 2.75) is 199 Å². The van der Waals surface area contributed by atoms with Crippen LogP contribution in [0.1, 0.15) is 231 Å². The van der Waals surface area contributed by atoms with E-state index < -0.39 is 15.4 Å². The molecule has 4 unspecified atom stereocenters. The van der Waals surface area contributed by atoms with Crippen molar-refractivity contribution in [3.63, 3.8) is 0 Å². The molecule has 1 aliphatic heterocycles. The fourth-order valence-electron chi connectivity index (χ4n) is 19.6. The summed E-state index contributed by atoms with van der Waals surface area (Å²) in [6, 6.07) is 80.2. The van der Waals surface area contributed by atoms with E-state index in [9.17, 15) is 47.6 Å². The van der Waals surface area contributed by atoms with Gasteiger partial charge in [0.15, 0.2) is 29.7 Å². The molecule has 22 heteroatoms. The van der Waals surface area contributed by atoms with Crippen LogP contribution in [0.25, 0.3) is 11.1 Å². The number of sulfonamides is 1. The van der Waals surface area contributed by atoms with Gasteiger partial charge in [-0.05, 0) is 295 Å². The number of Topliss-reactive ketones (excluding diaryl/α,β-unsaturated/α-hetero) is 3. The number of para-hydroxylation sites is 1. The predicted molar refractivity (Wildman–Crippen MR) is 565 cm³/mol. The van der Waals surface area contributed by atoms with Gasteiger partial charge >= 0.3 is 0 Å². The Balaban J connectivity index is 0.000000160. The second-order valence-corrected chi connectivity index (χ2v) is 39.9. The molecule has 4 aliphatic carbocycles. The van der Waals surface area contributed by atoms with Crippen molar-refractivity contribution in [1.82, 2.24) is 14.5 Å². The molecule has 0 saturated heterocycles. The zero-order valence-electron chi connectivity index (χ0n) is 84.6. The lowest BCUT2D eigenvalue weighted by Gasteiger charge is -2.33. The Hall–Kier alpha value is -13.7. The van der Waals surface area contributed by atoms with Gasteiger partial charge in [0, 0.05) is 52.9 Å². The molecule has 1 aromatic heterocycles. The molecule has 750 valence electrons. The van der Waals surface area contributed by atoms with Gasteiger partial charge in [-0.1, -0.05) is 211 Å². The number of aliphatic hydroxyl groups is 1. The fourth-order valence-corrected chi connectivity index (χ4v) is 20.9. The number of furan rings is 1. The third-order valence-electron chi connectivity index (χ3n) is 27.7. The molecular weight excluding hydrogens is 1810 g/mol. The van der Waals surface area contributed by atoms with Crippen molar-refractivity contribution >= 4 is 50.7 Å². The number of anilines is 1. The minimum atomic E-state index is -3.95. The van der Waals surface area contributed by atoms with Gasteiger partial charge in [0.1, 0.15) is 46.9 Å². The highest BCUT2D eigenvalue weighted by Crippen LogP contribution is 2.70. The van der Waals surface area contributed by atoms with E-state index >= 15 is 0 Å². The predicted octanol–water partition coefficient (Wildman–Crippen LogP) is 24.9. The van der Waals surface area contributed by atoms with E-state index in [1.54, 1.807) is 80.7 Å². The van der Waals surface area contributed by atoms with E-state index in [0.29, 0.717) is 108 Å². The molecule has 16 rings (SSSR count). The number of amides is 2. The first kappa shape index (κ1) is 108. The number of aliphatic hydroxyl groups excluding tert-OH is 1. The fraction of sp³-hybridized carbons (Fsp3) is 0.364. The third kappa shape index (κ3) is 29.3. The highest BCUT2D eigenvalue weighted by molar-refractivity contribution is 7.89. The smallest absolute Gasteiger partial charge is 0.258 e. The summed E-state index contributed by atoms with van der Waals surface area (Å²) < 4.78 is 66.5. The molecule has 2 N–H and O–H groups in total. The van der Waals surface area contributed by atoms with Crippen LogP contribution in [0, 0.1) is 34.0 Å². The van der Waals surface area contributed by atoms with Gasteiger partial charge in [-0.3, -0.25) is 33.7 Å². The van der Waals surface area contributed by atoms with E-state index in [1.165, 1.54) is 89.1 Å². The van der Waals surface area contributed by atoms with Crippen molar-refractivity contribution in [2.75, 3.05) is 72.7 Å². The zero-order chi connectivity index (χ0) is 102. The lowest BCUT2D eigenvalue weighted by Crippen LogP contribution is -2.44. The Morgan fingerprint density at radius 2 is 1.26 bits per heavy atom. The second kappa shape index (κ2) is 52.9. The first-order valence-electron chi connectivity index (χ1n) is 50.1. The number of ketones is 4. The molecule has 3 fully saturated rings. The summed E-state index contributed by atoms with van der Waals surface area (Å²) in [6.07, 6.45) is 23.1. The molecule has 143 heavy (non-hydrogen) atoms. The number of hydrogen-bond acceptors (Lipinski definition) is 18. The van der Waals surface area contributed by atoms with E-state index in [4.69, 9.17) is 32.8 Å². The molecule has 3 saturated carbocycles.